The van der Waals surface area contributed by atoms with E-state index in [2.05, 4.69) is 51.2 Å². The molecule has 0 aromatic heterocycles. The Balaban J connectivity index is 3.00. The number of rotatable bonds is 6. The van der Waals surface area contributed by atoms with E-state index in [0.29, 0.717) is 12.5 Å². The zero-order valence-electron chi connectivity index (χ0n) is 12.5. The summed E-state index contributed by atoms with van der Waals surface area (Å²) in [5.41, 5.74) is 4.80. The van der Waals surface area contributed by atoms with Gasteiger partial charge in [0.1, 0.15) is 0 Å². The second kappa shape index (κ2) is 7.34. The van der Waals surface area contributed by atoms with Crippen LogP contribution in [0.4, 0.5) is 0 Å². The number of hydrogen-bond acceptors (Lipinski definition) is 3. The molecule has 0 N–H and O–H groups in total. The molecule has 0 heterocycles. The lowest BCUT2D eigenvalue weighted by molar-refractivity contribution is 0.212. The van der Waals surface area contributed by atoms with E-state index in [4.69, 9.17) is 32.5 Å². The van der Waals surface area contributed by atoms with Gasteiger partial charge in [-0.25, -0.2) is 0 Å². The summed E-state index contributed by atoms with van der Waals surface area (Å²) >= 11 is 0. The third-order valence-corrected chi connectivity index (χ3v) is 5.41. The number of aryl methyl sites for hydroxylation is 3. The van der Waals surface area contributed by atoms with Gasteiger partial charge >= 0.3 is 8.80 Å². The highest BCUT2D eigenvalue weighted by molar-refractivity contribution is 6.61. The fourth-order valence-electron chi connectivity index (χ4n) is 2.16. The molecule has 1 aromatic carbocycles. The van der Waals surface area contributed by atoms with Gasteiger partial charge in [0.15, 0.2) is 0 Å². The van der Waals surface area contributed by atoms with Gasteiger partial charge in [0.05, 0.1) is 24.4 Å². The van der Waals surface area contributed by atoms with E-state index in [1.165, 1.54) is 22.3 Å². The average Bonchev–Trinajstić information content (AvgIpc) is 2.42. The monoisotopic (exact) mass is 298 g/mol. The molecule has 0 spiro atoms. The van der Waals surface area contributed by atoms with Crippen molar-refractivity contribution in [2.24, 2.45) is 0 Å². The van der Waals surface area contributed by atoms with Crippen LogP contribution < -0.4 is 0 Å². The van der Waals surface area contributed by atoms with Crippen LogP contribution >= 0.6 is 0 Å². The van der Waals surface area contributed by atoms with Gasteiger partial charge in [-0.05, 0) is 43.9 Å². The highest BCUT2D eigenvalue weighted by Crippen LogP contribution is 2.22. The Morgan fingerprint density at radius 1 is 0.952 bits per heavy atom. The first-order valence-electron chi connectivity index (χ1n) is 6.45. The van der Waals surface area contributed by atoms with Crippen LogP contribution in [0.25, 0.3) is 0 Å². The molecule has 0 atom stereocenters. The Kier molecular flexibility index (Phi) is 5.79. The van der Waals surface area contributed by atoms with E-state index in [-0.39, 0.29) is 0 Å². The lowest BCUT2D eigenvalue weighted by Gasteiger charge is -2.21. The molecule has 1 rings (SSSR count). The van der Waals surface area contributed by atoms with E-state index in [1.54, 1.807) is 0 Å². The second-order valence-electron chi connectivity index (χ2n) is 4.71. The first-order chi connectivity index (χ1) is 9.98. The second-order valence-corrected chi connectivity index (χ2v) is 7.19. The number of benzene rings is 1. The van der Waals surface area contributed by atoms with Crippen LogP contribution in [0.3, 0.4) is 0 Å². The van der Waals surface area contributed by atoms with E-state index in [1.807, 2.05) is 0 Å². The summed E-state index contributed by atoms with van der Waals surface area (Å²) in [6.45, 7) is 6.19. The highest BCUT2D eigenvalue weighted by atomic mass is 28.4. The van der Waals surface area contributed by atoms with Crippen molar-refractivity contribution >= 4 is 8.80 Å². The molecule has 0 aliphatic heterocycles. The molecule has 1 aromatic rings. The Bertz CT molecular complexity index is 588. The summed E-state index contributed by atoms with van der Waals surface area (Å²) in [5.74, 6) is 0. The summed E-state index contributed by atoms with van der Waals surface area (Å²) in [7, 11) is -3.24. The number of hydrogen-bond donors (Lipinski definition) is 0. The van der Waals surface area contributed by atoms with Crippen LogP contribution in [0.2, 0.25) is 6.04 Å². The molecule has 108 valence electrons. The third kappa shape index (κ3) is 4.25. The van der Waals surface area contributed by atoms with Crippen molar-refractivity contribution < 1.29 is 13.3 Å². The molecule has 0 unspecified atom stereocenters. The summed E-state index contributed by atoms with van der Waals surface area (Å²) in [4.78, 5) is 0. The maximum absolute atomic E-state index is 5.19. The van der Waals surface area contributed by atoms with Crippen molar-refractivity contribution in [3.63, 3.8) is 0 Å². The smallest absolute Gasteiger partial charge is 0.432 e. The first-order valence-corrected chi connectivity index (χ1v) is 8.38. The molecule has 0 saturated carbocycles. The van der Waals surface area contributed by atoms with Gasteiger partial charge in [0, 0.05) is 0 Å². The summed E-state index contributed by atoms with van der Waals surface area (Å²) in [6.07, 6.45) is 22.4. The lowest BCUT2D eigenvalue weighted by Crippen LogP contribution is -2.42. The lowest BCUT2D eigenvalue weighted by atomic mass is 9.99. The largest absolute Gasteiger partial charge is 0.725 e. The van der Waals surface area contributed by atoms with Crippen LogP contribution in [0.15, 0.2) is 12.1 Å². The topological polar surface area (TPSA) is 27.7 Å². The highest BCUT2D eigenvalue weighted by Gasteiger charge is 2.48. The van der Waals surface area contributed by atoms with Crippen LogP contribution in [0.1, 0.15) is 22.3 Å². The molecular weight excluding hydrogens is 280 g/mol. The molecule has 0 aliphatic rings. The molecule has 0 saturated heterocycles. The van der Waals surface area contributed by atoms with Crippen molar-refractivity contribution in [2.45, 2.75) is 33.2 Å². The van der Waals surface area contributed by atoms with E-state index in [9.17, 15) is 0 Å². The molecule has 0 bridgehead atoms. The van der Waals surface area contributed by atoms with Gasteiger partial charge in [0.2, 0.25) is 0 Å². The van der Waals surface area contributed by atoms with Gasteiger partial charge in [-0.3, -0.25) is 0 Å². The molecule has 4 heteroatoms. The normalized spacial score (nSPS) is 9.90. The predicted molar refractivity (Wildman–Crippen MR) is 84.7 cm³/mol. The molecule has 0 radical (unpaired) electrons. The Labute approximate surface area is 128 Å². The summed E-state index contributed by atoms with van der Waals surface area (Å²) < 4.78 is 15.5. The first kappa shape index (κ1) is 16.6. The van der Waals surface area contributed by atoms with Gasteiger partial charge in [0.25, 0.3) is 0 Å². The molecule has 0 aliphatic carbocycles. The minimum atomic E-state index is -3.24. The average molecular weight is 298 g/mol. The van der Waals surface area contributed by atoms with Crippen LogP contribution in [-0.4, -0.2) is 8.80 Å². The van der Waals surface area contributed by atoms with Crippen LogP contribution in [-0.2, 0) is 19.7 Å². The van der Waals surface area contributed by atoms with Crippen LogP contribution in [0.5, 0.6) is 0 Å². The molecular formula is C17H18O3Si. The van der Waals surface area contributed by atoms with E-state index >= 15 is 0 Å². The van der Waals surface area contributed by atoms with Crippen molar-refractivity contribution in [1.29, 1.82) is 0 Å². The SMILES string of the molecule is C#CO[Si](CCc1cc(C)cc(C)c1C)(OC#C)OC#C. The summed E-state index contributed by atoms with van der Waals surface area (Å²) in [5, 5.41) is 0. The molecule has 0 fully saturated rings. The van der Waals surface area contributed by atoms with E-state index in [0.717, 1.165) is 0 Å². The van der Waals surface area contributed by atoms with Crippen molar-refractivity contribution in [2.75, 3.05) is 0 Å². The van der Waals surface area contributed by atoms with Gasteiger partial charge < -0.3 is 13.3 Å². The minimum Gasteiger partial charge on any atom is -0.432 e. The maximum atomic E-state index is 5.19. The molecule has 21 heavy (non-hydrogen) atoms. The number of terminal acetylenes is 3. The Morgan fingerprint density at radius 2 is 1.48 bits per heavy atom. The fraction of sp³-hybridized carbons (Fsp3) is 0.294. The molecule has 0 amide bonds. The third-order valence-electron chi connectivity index (χ3n) is 3.26. The van der Waals surface area contributed by atoms with Gasteiger partial charge in [-0.15, -0.1) is 0 Å². The standard InChI is InChI=1S/C17H18O3Si/c1-7-18-21(19-8-2,20-9-3)11-10-17-13-14(4)12-15(5)16(17)6/h1-3,12-13H,10-11H2,4-6H3. The van der Waals surface area contributed by atoms with E-state index < -0.39 is 8.80 Å². The quantitative estimate of drug-likeness (QED) is 0.597. The van der Waals surface area contributed by atoms with Gasteiger partial charge in [-0.1, -0.05) is 37.0 Å². The van der Waals surface area contributed by atoms with Gasteiger partial charge in [-0.2, -0.15) is 0 Å². The Hall–Kier alpha value is -2.48. The zero-order valence-corrected chi connectivity index (χ0v) is 13.5. The fourth-order valence-corrected chi connectivity index (χ4v) is 3.71. The van der Waals surface area contributed by atoms with Crippen molar-refractivity contribution in [1.82, 2.24) is 0 Å². The molecule has 3 nitrogen and oxygen atoms in total. The van der Waals surface area contributed by atoms with Crippen molar-refractivity contribution in [3.8, 4) is 37.6 Å². The predicted octanol–water partition coefficient (Wildman–Crippen LogP) is 2.92. The van der Waals surface area contributed by atoms with Crippen LogP contribution in [0, 0.1) is 58.4 Å². The summed E-state index contributed by atoms with van der Waals surface area (Å²) in [6, 6.07) is 4.66. The zero-order chi connectivity index (χ0) is 15.9. The minimum absolute atomic E-state index is 0.412. The maximum Gasteiger partial charge on any atom is 0.725 e. The van der Waals surface area contributed by atoms with Crippen molar-refractivity contribution in [3.05, 3.63) is 34.4 Å². The Morgan fingerprint density at radius 3 is 1.95 bits per heavy atom.